The van der Waals surface area contributed by atoms with Crippen LogP contribution in [0.4, 0.5) is 0 Å². The van der Waals surface area contributed by atoms with Crippen molar-refractivity contribution in [2.75, 3.05) is 13.2 Å². The van der Waals surface area contributed by atoms with Crippen molar-refractivity contribution in [2.45, 2.75) is 213 Å². The Bertz CT molecular complexity index is 1230. The molecular formula is C54H88O6. The molecule has 6 heteroatoms. The summed E-state index contributed by atoms with van der Waals surface area (Å²) >= 11 is 0. The van der Waals surface area contributed by atoms with Crippen molar-refractivity contribution < 1.29 is 28.6 Å². The van der Waals surface area contributed by atoms with Gasteiger partial charge >= 0.3 is 17.9 Å². The van der Waals surface area contributed by atoms with Crippen molar-refractivity contribution in [1.82, 2.24) is 0 Å². The van der Waals surface area contributed by atoms with Gasteiger partial charge in [-0.3, -0.25) is 14.4 Å². The standard InChI is InChI=1S/C54H88O6/c1-4-7-10-13-16-19-22-25-27-28-30-32-35-38-41-44-47-53(56)59-50-51(49-58-52(55)46-43-40-37-34-31-24-21-18-15-12-9-6-3)60-54(57)48-45-42-39-36-33-29-26-23-20-17-14-11-8-5-2/h7,9-10,12,16,18-19,21,25,27,30-32,34,38,41,51H,4-6,8,11,13-15,17,20,22-24,26,28-29,33,35-37,39-40,42-50H2,1-3H3/b10-7-,12-9-,19-16-,21-18-,27-25-,32-30-,34-31-,41-38-. The maximum Gasteiger partial charge on any atom is 0.306 e. The van der Waals surface area contributed by atoms with Crippen LogP contribution >= 0.6 is 0 Å². The molecule has 0 spiro atoms. The second kappa shape index (κ2) is 48.0. The first-order valence-electron chi connectivity index (χ1n) is 24.2. The van der Waals surface area contributed by atoms with Crippen molar-refractivity contribution in [3.63, 3.8) is 0 Å². The summed E-state index contributed by atoms with van der Waals surface area (Å²) in [6, 6.07) is 0. The third kappa shape index (κ3) is 45.4. The fourth-order valence-corrected chi connectivity index (χ4v) is 6.27. The van der Waals surface area contributed by atoms with Gasteiger partial charge in [0.1, 0.15) is 13.2 Å². The Labute approximate surface area is 368 Å². The summed E-state index contributed by atoms with van der Waals surface area (Å²) in [5.74, 6) is -1.05. The Kier molecular flexibility index (Phi) is 45.1. The number of rotatable bonds is 42. The molecule has 0 aliphatic carbocycles. The molecule has 0 bridgehead atoms. The number of carbonyl (C=O) groups is 3. The number of hydrogen-bond donors (Lipinski definition) is 0. The van der Waals surface area contributed by atoms with E-state index < -0.39 is 6.10 Å². The zero-order valence-electron chi connectivity index (χ0n) is 38.7. The van der Waals surface area contributed by atoms with Crippen molar-refractivity contribution in [1.29, 1.82) is 0 Å². The molecule has 340 valence electrons. The highest BCUT2D eigenvalue weighted by molar-refractivity contribution is 5.71. The quantitative estimate of drug-likeness (QED) is 0.0264. The smallest absolute Gasteiger partial charge is 0.306 e. The molecule has 0 rings (SSSR count). The van der Waals surface area contributed by atoms with Crippen LogP contribution in [0.3, 0.4) is 0 Å². The maximum absolute atomic E-state index is 12.8. The third-order valence-electron chi connectivity index (χ3n) is 9.85. The lowest BCUT2D eigenvalue weighted by Crippen LogP contribution is -2.30. The lowest BCUT2D eigenvalue weighted by atomic mass is 10.0. The molecular weight excluding hydrogens is 745 g/mol. The number of ether oxygens (including phenoxy) is 3. The summed E-state index contributed by atoms with van der Waals surface area (Å²) in [5, 5.41) is 0. The Morgan fingerprint density at radius 3 is 1.12 bits per heavy atom. The number of unbranched alkanes of at least 4 members (excludes halogenated alkanes) is 15. The van der Waals surface area contributed by atoms with Gasteiger partial charge in [-0.25, -0.2) is 0 Å². The second-order valence-electron chi connectivity index (χ2n) is 15.6. The highest BCUT2D eigenvalue weighted by Crippen LogP contribution is 2.14. The van der Waals surface area contributed by atoms with Gasteiger partial charge in [0, 0.05) is 19.3 Å². The van der Waals surface area contributed by atoms with Crippen LogP contribution in [0.5, 0.6) is 0 Å². The summed E-state index contributed by atoms with van der Waals surface area (Å²) in [4.78, 5) is 37.8. The van der Waals surface area contributed by atoms with Gasteiger partial charge in [0.05, 0.1) is 0 Å². The predicted molar refractivity (Wildman–Crippen MR) is 256 cm³/mol. The average Bonchev–Trinajstić information content (AvgIpc) is 3.24. The first-order valence-corrected chi connectivity index (χ1v) is 24.2. The summed E-state index contributed by atoms with van der Waals surface area (Å²) in [6.07, 6.45) is 62.6. The minimum absolute atomic E-state index is 0.120. The fraction of sp³-hybridized carbons (Fsp3) is 0.648. The highest BCUT2D eigenvalue weighted by atomic mass is 16.6. The SMILES string of the molecule is CC/C=C\C/C=C\C/C=C\C/C=C\C/C=C\CCC(=O)OCC(COC(=O)CCCC/C=C\C/C=C\C/C=C\CC)OC(=O)CCCCCCCCCCCCCCCC. The molecule has 0 heterocycles. The van der Waals surface area contributed by atoms with Crippen LogP contribution in [0.1, 0.15) is 207 Å². The predicted octanol–water partition coefficient (Wildman–Crippen LogP) is 15.8. The Morgan fingerprint density at radius 2 is 0.683 bits per heavy atom. The van der Waals surface area contributed by atoms with Crippen LogP contribution in [-0.2, 0) is 28.6 Å². The number of allylic oxidation sites excluding steroid dienone is 16. The normalized spacial score (nSPS) is 12.9. The van der Waals surface area contributed by atoms with Gasteiger partial charge in [-0.1, -0.05) is 201 Å². The molecule has 0 aliphatic rings. The molecule has 1 atom stereocenters. The van der Waals surface area contributed by atoms with Gasteiger partial charge in [-0.15, -0.1) is 0 Å². The molecule has 0 aromatic carbocycles. The fourth-order valence-electron chi connectivity index (χ4n) is 6.27. The average molecular weight is 833 g/mol. The van der Waals surface area contributed by atoms with Crippen molar-refractivity contribution in [3.8, 4) is 0 Å². The van der Waals surface area contributed by atoms with E-state index in [9.17, 15) is 14.4 Å². The van der Waals surface area contributed by atoms with Gasteiger partial charge < -0.3 is 14.2 Å². The van der Waals surface area contributed by atoms with Crippen LogP contribution < -0.4 is 0 Å². The van der Waals surface area contributed by atoms with Gasteiger partial charge in [-0.2, -0.15) is 0 Å². The molecule has 0 saturated carbocycles. The maximum atomic E-state index is 12.8. The molecule has 0 aromatic rings. The van der Waals surface area contributed by atoms with E-state index in [1.165, 1.54) is 70.6 Å². The van der Waals surface area contributed by atoms with Crippen molar-refractivity contribution in [2.24, 2.45) is 0 Å². The van der Waals surface area contributed by atoms with E-state index in [0.29, 0.717) is 19.3 Å². The molecule has 0 radical (unpaired) electrons. The Balaban J connectivity index is 4.54. The molecule has 0 aromatic heterocycles. The van der Waals surface area contributed by atoms with Crippen LogP contribution in [0, 0.1) is 0 Å². The summed E-state index contributed by atoms with van der Waals surface area (Å²) in [6.45, 7) is 6.29. The summed E-state index contributed by atoms with van der Waals surface area (Å²) < 4.78 is 16.6. The van der Waals surface area contributed by atoms with E-state index in [-0.39, 0.29) is 37.5 Å². The van der Waals surface area contributed by atoms with E-state index in [1.54, 1.807) is 0 Å². The van der Waals surface area contributed by atoms with Crippen molar-refractivity contribution >= 4 is 17.9 Å². The lowest BCUT2D eigenvalue weighted by molar-refractivity contribution is -0.166. The van der Waals surface area contributed by atoms with E-state index in [2.05, 4.69) is 106 Å². The minimum atomic E-state index is -0.820. The van der Waals surface area contributed by atoms with E-state index in [0.717, 1.165) is 89.9 Å². The van der Waals surface area contributed by atoms with E-state index in [1.807, 2.05) is 12.2 Å². The summed E-state index contributed by atoms with van der Waals surface area (Å²) in [5.41, 5.74) is 0. The molecule has 0 fully saturated rings. The largest absolute Gasteiger partial charge is 0.462 e. The number of carbonyl (C=O) groups excluding carboxylic acids is 3. The van der Waals surface area contributed by atoms with Gasteiger partial charge in [0.2, 0.25) is 0 Å². The van der Waals surface area contributed by atoms with E-state index in [4.69, 9.17) is 14.2 Å². The van der Waals surface area contributed by atoms with Crippen LogP contribution in [0.25, 0.3) is 0 Å². The molecule has 60 heavy (non-hydrogen) atoms. The topological polar surface area (TPSA) is 78.9 Å². The number of esters is 3. The third-order valence-corrected chi connectivity index (χ3v) is 9.85. The second-order valence-corrected chi connectivity index (χ2v) is 15.6. The van der Waals surface area contributed by atoms with Crippen molar-refractivity contribution in [3.05, 3.63) is 97.2 Å². The van der Waals surface area contributed by atoms with Gasteiger partial charge in [0.15, 0.2) is 6.10 Å². The highest BCUT2D eigenvalue weighted by Gasteiger charge is 2.19. The first-order chi connectivity index (χ1) is 29.5. The monoisotopic (exact) mass is 833 g/mol. The molecule has 6 nitrogen and oxygen atoms in total. The minimum Gasteiger partial charge on any atom is -0.462 e. The van der Waals surface area contributed by atoms with E-state index >= 15 is 0 Å². The molecule has 1 unspecified atom stereocenters. The molecule has 0 N–H and O–H groups in total. The van der Waals surface area contributed by atoms with Gasteiger partial charge in [0.25, 0.3) is 0 Å². The Morgan fingerprint density at radius 1 is 0.350 bits per heavy atom. The van der Waals surface area contributed by atoms with Crippen LogP contribution in [-0.4, -0.2) is 37.2 Å². The summed E-state index contributed by atoms with van der Waals surface area (Å²) in [7, 11) is 0. The van der Waals surface area contributed by atoms with Crippen LogP contribution in [0.2, 0.25) is 0 Å². The van der Waals surface area contributed by atoms with Crippen LogP contribution in [0.15, 0.2) is 97.2 Å². The van der Waals surface area contributed by atoms with Gasteiger partial charge in [-0.05, 0) is 83.5 Å². The molecule has 0 aliphatic heterocycles. The Hall–Kier alpha value is -3.67. The first kappa shape index (κ1) is 56.3. The molecule has 0 saturated heterocycles. The lowest BCUT2D eigenvalue weighted by Gasteiger charge is -2.18. The number of hydrogen-bond acceptors (Lipinski definition) is 6. The zero-order chi connectivity index (χ0) is 43.7. The molecule has 0 amide bonds. The zero-order valence-corrected chi connectivity index (χ0v) is 38.7.